The number of nitrogens with zero attached hydrogens (tertiary/aromatic N) is 15. The third-order valence-corrected chi connectivity index (χ3v) is 25.1. The Hall–Kier alpha value is -18.2. The molecule has 0 aliphatic carbocycles. The van der Waals surface area contributed by atoms with Crippen LogP contribution in [0, 0.1) is 0 Å². The second-order valence-electron chi connectivity index (χ2n) is 32.8. The molecule has 0 N–H and O–H groups in total. The minimum atomic E-state index is 0.589. The van der Waals surface area contributed by atoms with Gasteiger partial charge in [0, 0.05) is 115 Å². The maximum atomic E-state index is 5.11. The monoisotopic (exact) mass is 1690 g/mol. The molecule has 27 aromatic rings. The fraction of sp³-hybridized carbons (Fsp3) is 0. The minimum absolute atomic E-state index is 0.589. The molecule has 0 saturated heterocycles. The fourth-order valence-electron chi connectivity index (χ4n) is 19.4. The molecule has 0 spiro atoms. The molecule has 15 heteroatoms. The molecule has 0 atom stereocenters. The molecular weight excluding hydrogens is 1620 g/mol. The lowest BCUT2D eigenvalue weighted by Crippen LogP contribution is -2.06. The Bertz CT molecular complexity index is 8760. The van der Waals surface area contributed by atoms with Gasteiger partial charge in [0.25, 0.3) is 0 Å². The molecule has 0 bridgehead atoms. The lowest BCUT2D eigenvalue weighted by molar-refractivity contribution is 0.953. The zero-order chi connectivity index (χ0) is 87.1. The first kappa shape index (κ1) is 76.2. The molecule has 0 fully saturated rings. The summed E-state index contributed by atoms with van der Waals surface area (Å²) in [5.41, 5.74) is 22.4. The second kappa shape index (κ2) is 32.0. The summed E-state index contributed by atoms with van der Waals surface area (Å²) in [6, 6.07) is 158. The smallest absolute Gasteiger partial charge is 0.238 e. The summed E-state index contributed by atoms with van der Waals surface area (Å²) in [6.45, 7) is 0. The predicted molar refractivity (Wildman–Crippen MR) is 538 cm³/mol. The molecule has 0 unspecified atom stereocenters. The van der Waals surface area contributed by atoms with Crippen LogP contribution in [-0.2, 0) is 0 Å². The van der Waals surface area contributed by atoms with E-state index in [4.69, 9.17) is 44.9 Å². The molecule has 132 heavy (non-hydrogen) atoms. The number of hydrogen-bond donors (Lipinski definition) is 0. The maximum Gasteiger partial charge on any atom is 0.238 e. The van der Waals surface area contributed by atoms with Crippen LogP contribution in [-0.4, -0.2) is 72.3 Å². The molecule has 9 aromatic heterocycles. The summed E-state index contributed by atoms with van der Waals surface area (Å²) in [6.07, 6.45) is 0. The average molecular weight is 1690 g/mol. The molecular formula is C117H75N15. The predicted octanol–water partition coefficient (Wildman–Crippen LogP) is 28.2. The zero-order valence-electron chi connectivity index (χ0n) is 71.0. The van der Waals surface area contributed by atoms with Crippen LogP contribution in [0.25, 0.3) is 234 Å². The van der Waals surface area contributed by atoms with Crippen LogP contribution in [0.2, 0.25) is 0 Å². The van der Waals surface area contributed by atoms with Gasteiger partial charge in [-0.05, 0) is 103 Å². The lowest BCUT2D eigenvalue weighted by Gasteiger charge is -2.11. The highest BCUT2D eigenvalue weighted by molar-refractivity contribution is 6.30. The first-order valence-corrected chi connectivity index (χ1v) is 44.2. The van der Waals surface area contributed by atoms with E-state index in [0.717, 1.165) is 105 Å². The largest absolute Gasteiger partial charge is 0.309 e. The van der Waals surface area contributed by atoms with Gasteiger partial charge in [-0.1, -0.05) is 352 Å². The van der Waals surface area contributed by atoms with Crippen molar-refractivity contribution in [1.82, 2.24) is 72.3 Å². The van der Waals surface area contributed by atoms with Gasteiger partial charge in [0.05, 0.1) is 66.2 Å². The van der Waals surface area contributed by atoms with Gasteiger partial charge in [0.15, 0.2) is 34.9 Å². The first-order valence-electron chi connectivity index (χ1n) is 44.2. The molecule has 0 radical (unpaired) electrons. The van der Waals surface area contributed by atoms with Crippen molar-refractivity contribution in [3.05, 3.63) is 455 Å². The van der Waals surface area contributed by atoms with Crippen molar-refractivity contribution < 1.29 is 0 Å². The van der Waals surface area contributed by atoms with Gasteiger partial charge >= 0.3 is 0 Å². The first-order chi connectivity index (χ1) is 65.5. The topological polar surface area (TPSA) is 146 Å². The Morgan fingerprint density at radius 2 is 0.341 bits per heavy atom. The van der Waals surface area contributed by atoms with Crippen molar-refractivity contribution in [3.63, 3.8) is 0 Å². The van der Waals surface area contributed by atoms with Crippen LogP contribution in [0.1, 0.15) is 0 Å². The van der Waals surface area contributed by atoms with Gasteiger partial charge in [-0.3, -0.25) is 13.7 Å². The van der Waals surface area contributed by atoms with E-state index in [-0.39, 0.29) is 0 Å². The van der Waals surface area contributed by atoms with Crippen molar-refractivity contribution in [2.75, 3.05) is 0 Å². The van der Waals surface area contributed by atoms with Crippen LogP contribution in [0.3, 0.4) is 0 Å². The quantitative estimate of drug-likeness (QED) is 0.117. The van der Waals surface area contributed by atoms with Crippen molar-refractivity contribution in [2.24, 2.45) is 0 Å². The molecule has 0 aliphatic rings. The van der Waals surface area contributed by atoms with Crippen LogP contribution < -0.4 is 0 Å². The molecule has 0 aliphatic heterocycles. The van der Waals surface area contributed by atoms with Crippen molar-refractivity contribution in [1.29, 1.82) is 0 Å². The SMILES string of the molecule is c1ccc(-c2nc(-c3ccccc3)nc(-n3c4ccccc4c4c3ccc3c5ccccc5n(-c5ccccc5)c34)n2)cc1.c1ccc(-c2nc(-c3ccccc3)nc(-n3c4ccccc4c4c5c6ccccc6n(-c6ccccc6)c5ccc43)n2)cc1.c1ccc(-c2nc(-c3ccccc3)nc(-n3c4ccccc4c4cc5c(cc43)c3ccccc3n5-c3ccccc3)n2)cc1. The van der Waals surface area contributed by atoms with Crippen LogP contribution in [0.15, 0.2) is 455 Å². The Balaban J connectivity index is 0.000000106. The Labute approximate surface area is 756 Å². The van der Waals surface area contributed by atoms with Gasteiger partial charge in [0.2, 0.25) is 17.8 Å². The summed E-state index contributed by atoms with van der Waals surface area (Å²) in [4.78, 5) is 45.4. The molecule has 9 heterocycles. The van der Waals surface area contributed by atoms with Crippen molar-refractivity contribution in [3.8, 4) is 103 Å². The lowest BCUT2D eigenvalue weighted by atomic mass is 10.1. The second-order valence-corrected chi connectivity index (χ2v) is 32.8. The Morgan fingerprint density at radius 3 is 0.682 bits per heavy atom. The molecule has 27 rings (SSSR count). The standard InChI is InChI=1S/3C39H25N5/c1-4-14-26(15-5-1)37-40-38(27-16-6-2-7-17-27)42-39(41-37)44-34-23-13-11-21-30(34)32-24-35-31(25-36(32)44)29-20-10-12-22-33(29)43(35)28-18-8-3-9-19-28;1-4-14-26(15-5-1)37-40-38(27-16-6-2-7-17-27)42-39(41-37)44-33-23-13-11-21-31(33)35-34(44)25-24-30-29-20-10-12-22-32(29)43(36(30)35)28-18-8-3-9-19-28;1-4-14-26(15-5-1)37-40-38(27-16-6-2-7-17-27)42-39(41-37)44-32-23-13-11-21-30(32)36-34(44)25-24-33-35(36)29-20-10-12-22-31(29)43(33)28-18-8-3-9-19-28/h3*1-25H. The van der Waals surface area contributed by atoms with E-state index < -0.39 is 0 Å². The van der Waals surface area contributed by atoms with E-state index in [0.29, 0.717) is 52.8 Å². The van der Waals surface area contributed by atoms with Gasteiger partial charge in [-0.25, -0.2) is 15.0 Å². The summed E-state index contributed by atoms with van der Waals surface area (Å²) >= 11 is 0. The van der Waals surface area contributed by atoms with Crippen LogP contribution in [0.5, 0.6) is 0 Å². The number of para-hydroxylation sites is 9. The van der Waals surface area contributed by atoms with Gasteiger partial charge in [-0.2, -0.15) is 29.9 Å². The summed E-state index contributed by atoms with van der Waals surface area (Å²) < 4.78 is 13.7. The maximum absolute atomic E-state index is 5.11. The summed E-state index contributed by atoms with van der Waals surface area (Å²) in [5.74, 6) is 5.61. The average Bonchev–Trinajstić information content (AvgIpc) is 1.38. The third kappa shape index (κ3) is 12.9. The van der Waals surface area contributed by atoms with E-state index in [2.05, 4.69) is 300 Å². The molecule has 0 saturated carbocycles. The highest BCUT2D eigenvalue weighted by Gasteiger charge is 2.28. The number of fused-ring (bicyclic) bond motifs is 20. The van der Waals surface area contributed by atoms with Crippen LogP contribution >= 0.6 is 0 Å². The van der Waals surface area contributed by atoms with E-state index >= 15 is 0 Å². The van der Waals surface area contributed by atoms with Gasteiger partial charge in [-0.15, -0.1) is 0 Å². The number of aromatic nitrogens is 15. The number of hydrogen-bond acceptors (Lipinski definition) is 9. The highest BCUT2D eigenvalue weighted by atomic mass is 15.2. The summed E-state index contributed by atoms with van der Waals surface area (Å²) in [7, 11) is 0. The van der Waals surface area contributed by atoms with Crippen LogP contribution in [0.4, 0.5) is 0 Å². The van der Waals surface area contributed by atoms with E-state index in [9.17, 15) is 0 Å². The third-order valence-electron chi connectivity index (χ3n) is 25.1. The highest BCUT2D eigenvalue weighted by Crippen LogP contribution is 2.47. The van der Waals surface area contributed by atoms with Crippen molar-refractivity contribution in [2.45, 2.75) is 0 Å². The Kier molecular flexibility index (Phi) is 18.5. The van der Waals surface area contributed by atoms with E-state index in [1.165, 1.54) is 76.2 Å². The van der Waals surface area contributed by atoms with Gasteiger partial charge in [0.1, 0.15) is 0 Å². The summed E-state index contributed by atoms with van der Waals surface area (Å²) in [5, 5.41) is 14.2. The fourth-order valence-corrected chi connectivity index (χ4v) is 19.4. The zero-order valence-corrected chi connectivity index (χ0v) is 71.0. The Morgan fingerprint density at radius 1 is 0.129 bits per heavy atom. The molecule has 0 amide bonds. The molecule has 15 nitrogen and oxygen atoms in total. The number of rotatable bonds is 12. The van der Waals surface area contributed by atoms with Gasteiger partial charge < -0.3 is 13.7 Å². The number of benzene rings is 18. The molecule has 18 aromatic carbocycles. The molecule has 618 valence electrons. The van der Waals surface area contributed by atoms with Crippen molar-refractivity contribution >= 4 is 131 Å². The minimum Gasteiger partial charge on any atom is -0.309 e. The van der Waals surface area contributed by atoms with E-state index in [1.54, 1.807) is 0 Å². The van der Waals surface area contributed by atoms with E-state index in [1.807, 2.05) is 182 Å². The normalized spacial score (nSPS) is 11.6.